The van der Waals surface area contributed by atoms with Gasteiger partial charge in [0, 0.05) is 21.7 Å². The Morgan fingerprint density at radius 2 is 1.70 bits per heavy atom. The van der Waals surface area contributed by atoms with Gasteiger partial charge < -0.3 is 4.74 Å². The maximum atomic E-state index is 11.2. The zero-order valence-electron chi connectivity index (χ0n) is 17.5. The van der Waals surface area contributed by atoms with Gasteiger partial charge >= 0.3 is 5.69 Å². The van der Waals surface area contributed by atoms with Gasteiger partial charge in [0.05, 0.1) is 22.1 Å². The third-order valence-electron chi connectivity index (χ3n) is 4.66. The Balaban J connectivity index is 1.74. The lowest BCUT2D eigenvalue weighted by molar-refractivity contribution is -0.393. The number of hydrazone groups is 1. The number of nitrogens with zero attached hydrogens (tertiary/aromatic N) is 3. The van der Waals surface area contributed by atoms with E-state index in [4.69, 9.17) is 27.9 Å². The molecule has 0 aliphatic heterocycles. The van der Waals surface area contributed by atoms with Crippen molar-refractivity contribution in [3.63, 3.8) is 0 Å². The Hall–Kier alpha value is -3.69. The predicted octanol–water partition coefficient (Wildman–Crippen LogP) is 6.45. The fourth-order valence-corrected chi connectivity index (χ4v) is 3.59. The van der Waals surface area contributed by atoms with Gasteiger partial charge in [-0.25, -0.2) is 0 Å². The third-order valence-corrected chi connectivity index (χ3v) is 5.24. The summed E-state index contributed by atoms with van der Waals surface area (Å²) >= 11 is 12.1. The number of halogens is 2. The Morgan fingerprint density at radius 1 is 1.00 bits per heavy atom. The van der Waals surface area contributed by atoms with E-state index in [0.29, 0.717) is 15.8 Å². The van der Waals surface area contributed by atoms with Crippen molar-refractivity contribution in [3.8, 4) is 5.75 Å². The number of rotatable bonds is 8. The number of benzene rings is 3. The van der Waals surface area contributed by atoms with E-state index in [0.717, 1.165) is 34.4 Å². The topological polar surface area (TPSA) is 120 Å². The lowest BCUT2D eigenvalue weighted by atomic mass is 10.1. The molecule has 0 atom stereocenters. The molecule has 1 N–H and O–H groups in total. The number of non-ortho nitro benzene ring substituents is 1. The number of nitrogens with one attached hydrogen (secondary N) is 1. The highest BCUT2D eigenvalue weighted by molar-refractivity contribution is 6.35. The number of hydrogen-bond acceptors (Lipinski definition) is 7. The zero-order chi connectivity index (χ0) is 24.1. The summed E-state index contributed by atoms with van der Waals surface area (Å²) in [6.07, 6.45) is 1.49. The normalized spacial score (nSPS) is 10.9. The second-order valence-electron chi connectivity index (χ2n) is 7.09. The van der Waals surface area contributed by atoms with Crippen LogP contribution in [0.4, 0.5) is 17.1 Å². The van der Waals surface area contributed by atoms with Crippen molar-refractivity contribution in [2.75, 3.05) is 5.43 Å². The molecule has 3 rings (SSSR count). The van der Waals surface area contributed by atoms with Crippen LogP contribution in [0.25, 0.3) is 0 Å². The molecule has 0 unspecified atom stereocenters. The van der Waals surface area contributed by atoms with Gasteiger partial charge in [-0.05, 0) is 60.9 Å². The number of hydrogen-bond donors (Lipinski definition) is 1. The largest absolute Gasteiger partial charge is 0.488 e. The van der Waals surface area contributed by atoms with Gasteiger partial charge in [-0.2, -0.15) is 5.10 Å². The first-order valence-electron chi connectivity index (χ1n) is 9.55. The van der Waals surface area contributed by atoms with Crippen LogP contribution in [0.15, 0.2) is 53.6 Å². The Bertz CT molecular complexity index is 1240. The molecule has 0 amide bonds. The molecule has 33 heavy (non-hydrogen) atoms. The van der Waals surface area contributed by atoms with Crippen molar-refractivity contribution in [1.29, 1.82) is 0 Å². The molecular weight excluding hydrogens is 471 g/mol. The monoisotopic (exact) mass is 488 g/mol. The van der Waals surface area contributed by atoms with E-state index in [-0.39, 0.29) is 18.0 Å². The van der Waals surface area contributed by atoms with Crippen LogP contribution in [0.1, 0.15) is 22.3 Å². The molecule has 0 spiro atoms. The van der Waals surface area contributed by atoms with Gasteiger partial charge in [0.2, 0.25) is 0 Å². The van der Waals surface area contributed by atoms with Crippen LogP contribution < -0.4 is 10.2 Å². The average molecular weight is 489 g/mol. The first-order chi connectivity index (χ1) is 15.7. The molecule has 3 aromatic rings. The van der Waals surface area contributed by atoms with Crippen LogP contribution in [-0.2, 0) is 6.61 Å². The number of nitro groups is 2. The molecule has 0 saturated heterocycles. The second kappa shape index (κ2) is 10.3. The molecule has 3 aromatic carbocycles. The summed E-state index contributed by atoms with van der Waals surface area (Å²) in [5.41, 5.74) is 5.05. The lowest BCUT2D eigenvalue weighted by Gasteiger charge is -2.14. The lowest BCUT2D eigenvalue weighted by Crippen LogP contribution is -2.01. The maximum Gasteiger partial charge on any atom is 0.301 e. The van der Waals surface area contributed by atoms with E-state index in [1.165, 1.54) is 12.3 Å². The SMILES string of the molecule is Cc1cc(/C=N/Nc2ccc([N+](=O)[O-])cc2[N+](=O)[O-])cc(C)c1OCc1ccc(Cl)cc1Cl. The molecule has 0 radical (unpaired) electrons. The van der Waals surface area contributed by atoms with Crippen LogP contribution in [0, 0.1) is 34.1 Å². The van der Waals surface area contributed by atoms with Gasteiger partial charge in [0.15, 0.2) is 0 Å². The highest BCUT2D eigenvalue weighted by atomic mass is 35.5. The van der Waals surface area contributed by atoms with Gasteiger partial charge in [0.25, 0.3) is 5.69 Å². The summed E-state index contributed by atoms with van der Waals surface area (Å²) in [6, 6.07) is 12.2. The van der Waals surface area contributed by atoms with Gasteiger partial charge in [-0.3, -0.25) is 25.7 Å². The van der Waals surface area contributed by atoms with Crippen LogP contribution in [0.5, 0.6) is 5.75 Å². The quantitative estimate of drug-likeness (QED) is 0.221. The van der Waals surface area contributed by atoms with Crippen LogP contribution in [0.2, 0.25) is 10.0 Å². The standard InChI is InChI=1S/C22H18Cl2N4O5/c1-13-7-15(8-14(2)22(13)33-12-16-3-4-17(23)9-19(16)24)11-25-26-20-6-5-18(27(29)30)10-21(20)28(31)32/h3-11,26H,12H2,1-2H3/b25-11+. The van der Waals surface area contributed by atoms with E-state index in [1.807, 2.05) is 26.0 Å². The molecule has 0 bridgehead atoms. The Labute approximate surface area is 198 Å². The summed E-state index contributed by atoms with van der Waals surface area (Å²) < 4.78 is 5.96. The van der Waals surface area contributed by atoms with Crippen molar-refractivity contribution in [1.82, 2.24) is 0 Å². The van der Waals surface area contributed by atoms with Gasteiger partial charge in [-0.1, -0.05) is 29.3 Å². The molecule has 11 heteroatoms. The smallest absolute Gasteiger partial charge is 0.301 e. The summed E-state index contributed by atoms with van der Waals surface area (Å²) in [6.45, 7) is 4.05. The molecule has 0 heterocycles. The summed E-state index contributed by atoms with van der Waals surface area (Å²) in [5, 5.41) is 27.2. The van der Waals surface area contributed by atoms with Crippen molar-refractivity contribution in [2.45, 2.75) is 20.5 Å². The average Bonchev–Trinajstić information content (AvgIpc) is 2.74. The van der Waals surface area contributed by atoms with Crippen LogP contribution in [-0.4, -0.2) is 16.1 Å². The number of aryl methyl sites for hydroxylation is 2. The molecule has 0 aromatic heterocycles. The van der Waals surface area contributed by atoms with E-state index in [9.17, 15) is 20.2 Å². The van der Waals surface area contributed by atoms with Gasteiger partial charge in [-0.15, -0.1) is 0 Å². The van der Waals surface area contributed by atoms with Crippen molar-refractivity contribution >= 4 is 46.5 Å². The molecule has 0 saturated carbocycles. The second-order valence-corrected chi connectivity index (χ2v) is 7.94. The predicted molar refractivity (Wildman–Crippen MR) is 128 cm³/mol. The van der Waals surface area contributed by atoms with Gasteiger partial charge in [0.1, 0.15) is 18.0 Å². The first kappa shape index (κ1) is 24.0. The van der Waals surface area contributed by atoms with E-state index in [1.54, 1.807) is 18.2 Å². The molecule has 0 aliphatic carbocycles. The van der Waals surface area contributed by atoms with Crippen molar-refractivity contribution < 1.29 is 14.6 Å². The number of nitro benzene ring substituents is 2. The van der Waals surface area contributed by atoms with Crippen LogP contribution >= 0.6 is 23.2 Å². The minimum atomic E-state index is -0.710. The Morgan fingerprint density at radius 3 is 2.30 bits per heavy atom. The fourth-order valence-electron chi connectivity index (χ4n) is 3.13. The number of anilines is 1. The highest BCUT2D eigenvalue weighted by Gasteiger charge is 2.19. The number of ether oxygens (including phenoxy) is 1. The van der Waals surface area contributed by atoms with Crippen LogP contribution in [0.3, 0.4) is 0 Å². The molecular formula is C22H18Cl2N4O5. The molecule has 0 fully saturated rings. The van der Waals surface area contributed by atoms with Crippen molar-refractivity contribution in [3.05, 3.63) is 101 Å². The molecule has 0 aliphatic rings. The summed E-state index contributed by atoms with van der Waals surface area (Å²) in [5.74, 6) is 0.706. The van der Waals surface area contributed by atoms with E-state index < -0.39 is 15.5 Å². The fraction of sp³-hybridized carbons (Fsp3) is 0.136. The highest BCUT2D eigenvalue weighted by Crippen LogP contribution is 2.30. The summed E-state index contributed by atoms with van der Waals surface area (Å²) in [4.78, 5) is 20.7. The molecule has 9 nitrogen and oxygen atoms in total. The first-order valence-corrected chi connectivity index (χ1v) is 10.3. The minimum Gasteiger partial charge on any atom is -0.488 e. The van der Waals surface area contributed by atoms with Crippen molar-refractivity contribution in [2.24, 2.45) is 5.10 Å². The zero-order valence-corrected chi connectivity index (χ0v) is 19.1. The Kier molecular flexibility index (Phi) is 7.47. The minimum absolute atomic E-state index is 0.0371. The maximum absolute atomic E-state index is 11.2. The molecule has 170 valence electrons. The summed E-state index contributed by atoms with van der Waals surface area (Å²) in [7, 11) is 0. The third kappa shape index (κ3) is 5.97. The van der Waals surface area contributed by atoms with E-state index >= 15 is 0 Å². The van der Waals surface area contributed by atoms with E-state index in [2.05, 4.69) is 10.5 Å².